The number of aryl methyl sites for hydroxylation is 1. The Balaban J connectivity index is 2.06. The van der Waals surface area contributed by atoms with Crippen LogP contribution in [0.5, 0.6) is 0 Å². The van der Waals surface area contributed by atoms with Crippen LogP contribution in [0.15, 0.2) is 40.6 Å². The molecule has 1 aliphatic rings. The van der Waals surface area contributed by atoms with E-state index in [9.17, 15) is 13.2 Å². The van der Waals surface area contributed by atoms with E-state index in [0.717, 1.165) is 16.0 Å². The highest BCUT2D eigenvalue weighted by Crippen LogP contribution is 2.31. The number of amides is 1. The first-order chi connectivity index (χ1) is 10.9. The number of carbonyl (C=O) groups is 1. The molecule has 0 spiro atoms. The molecule has 3 rings (SSSR count). The molecule has 2 aromatic rings. The van der Waals surface area contributed by atoms with Crippen LogP contribution in [-0.4, -0.2) is 31.7 Å². The van der Waals surface area contributed by atoms with Gasteiger partial charge in [-0.05, 0) is 36.6 Å². The minimum Gasteiger partial charge on any atom is -0.358 e. The van der Waals surface area contributed by atoms with E-state index in [-0.39, 0.29) is 16.7 Å². The summed E-state index contributed by atoms with van der Waals surface area (Å²) < 4.78 is 27.6. The lowest BCUT2D eigenvalue weighted by Gasteiger charge is -2.34. The first kappa shape index (κ1) is 16.2. The lowest BCUT2D eigenvalue weighted by molar-refractivity contribution is -0.124. The average Bonchev–Trinajstić information content (AvgIpc) is 3.00. The third-order valence-electron chi connectivity index (χ3n) is 4.03. The molecule has 1 aromatic heterocycles. The first-order valence-corrected chi connectivity index (χ1v) is 9.56. The van der Waals surface area contributed by atoms with E-state index < -0.39 is 16.1 Å². The molecule has 1 aliphatic heterocycles. The predicted molar refractivity (Wildman–Crippen MR) is 89.8 cm³/mol. The van der Waals surface area contributed by atoms with E-state index >= 15 is 0 Å². The maximum atomic E-state index is 13.0. The number of benzene rings is 1. The summed E-state index contributed by atoms with van der Waals surface area (Å²) in [5.74, 6) is -0.281. The highest BCUT2D eigenvalue weighted by Gasteiger charge is 2.39. The van der Waals surface area contributed by atoms with Gasteiger partial charge < -0.3 is 5.32 Å². The summed E-state index contributed by atoms with van der Waals surface area (Å²) in [7, 11) is -2.17. The highest BCUT2D eigenvalue weighted by molar-refractivity contribution is 7.91. The molecule has 122 valence electrons. The summed E-state index contributed by atoms with van der Waals surface area (Å²) in [6.07, 6.45) is 0.388. The van der Waals surface area contributed by atoms with Crippen molar-refractivity contribution < 1.29 is 13.2 Å². The van der Waals surface area contributed by atoms with Crippen LogP contribution >= 0.6 is 11.3 Å². The molecule has 7 heteroatoms. The fourth-order valence-corrected chi connectivity index (χ4v) is 5.79. The maximum absolute atomic E-state index is 13.0. The van der Waals surface area contributed by atoms with Crippen molar-refractivity contribution in [1.82, 2.24) is 9.62 Å². The van der Waals surface area contributed by atoms with Crippen LogP contribution < -0.4 is 5.32 Å². The van der Waals surface area contributed by atoms with Gasteiger partial charge in [-0.15, -0.1) is 11.3 Å². The van der Waals surface area contributed by atoms with Crippen molar-refractivity contribution in [1.29, 1.82) is 0 Å². The predicted octanol–water partition coefficient (Wildman–Crippen LogP) is 1.92. The second-order valence-corrected chi connectivity index (χ2v) is 8.92. The minimum absolute atomic E-state index is 0.216. The number of hydrogen-bond donors (Lipinski definition) is 1. The summed E-state index contributed by atoms with van der Waals surface area (Å²) in [4.78, 5) is 13.2. The van der Waals surface area contributed by atoms with Crippen molar-refractivity contribution in [2.45, 2.75) is 30.1 Å². The van der Waals surface area contributed by atoms with Crippen molar-refractivity contribution in [3.05, 3.63) is 52.4 Å². The maximum Gasteiger partial charge on any atom is 0.253 e. The Morgan fingerprint density at radius 2 is 1.91 bits per heavy atom. The fourth-order valence-electron chi connectivity index (χ4n) is 2.81. The van der Waals surface area contributed by atoms with Crippen molar-refractivity contribution >= 4 is 27.3 Å². The number of nitrogens with one attached hydrogen (secondary N) is 1. The van der Waals surface area contributed by atoms with E-state index in [0.29, 0.717) is 6.42 Å². The summed E-state index contributed by atoms with van der Waals surface area (Å²) in [6, 6.07) is 10.3. The third-order valence-corrected chi connectivity index (χ3v) is 7.36. The molecule has 1 amide bonds. The number of carbonyl (C=O) groups excluding carboxylic acids is 1. The molecule has 1 aromatic carbocycles. The molecule has 5 nitrogen and oxygen atoms in total. The highest BCUT2D eigenvalue weighted by atomic mass is 32.2. The van der Waals surface area contributed by atoms with Crippen LogP contribution in [-0.2, 0) is 27.8 Å². The van der Waals surface area contributed by atoms with Gasteiger partial charge in [-0.3, -0.25) is 4.79 Å². The van der Waals surface area contributed by atoms with Gasteiger partial charge in [0.2, 0.25) is 5.91 Å². The molecular formula is C16H18N2O3S2. The topological polar surface area (TPSA) is 66.5 Å². The third kappa shape index (κ3) is 2.91. The molecule has 2 heterocycles. The average molecular weight is 350 g/mol. The normalized spacial score (nSPS) is 18.4. The van der Waals surface area contributed by atoms with E-state index in [1.54, 1.807) is 12.1 Å². The van der Waals surface area contributed by atoms with Crippen LogP contribution in [0, 0.1) is 6.92 Å². The molecule has 0 saturated carbocycles. The van der Waals surface area contributed by atoms with Crippen molar-refractivity contribution in [2.24, 2.45) is 0 Å². The standard InChI is InChI=1S/C16H18N2O3S2/c1-11-7-8-15(22-11)23(20,21)18-10-13-6-4-3-5-12(13)9-14(18)16(19)17-2/h3-8,14H,9-10H2,1-2H3,(H,17,19)/t14-/m1/s1. The number of rotatable bonds is 3. The van der Waals surface area contributed by atoms with Gasteiger partial charge >= 0.3 is 0 Å². The summed E-state index contributed by atoms with van der Waals surface area (Å²) in [6.45, 7) is 2.08. The van der Waals surface area contributed by atoms with Crippen molar-refractivity contribution in [3.63, 3.8) is 0 Å². The van der Waals surface area contributed by atoms with E-state index in [1.165, 1.54) is 22.7 Å². The van der Waals surface area contributed by atoms with Gasteiger partial charge in [-0.2, -0.15) is 4.31 Å². The minimum atomic E-state index is -3.70. The van der Waals surface area contributed by atoms with Gasteiger partial charge in [-0.1, -0.05) is 24.3 Å². The van der Waals surface area contributed by atoms with Crippen LogP contribution in [0.1, 0.15) is 16.0 Å². The van der Waals surface area contributed by atoms with Gasteiger partial charge in [0, 0.05) is 18.5 Å². The first-order valence-electron chi connectivity index (χ1n) is 7.30. The molecule has 1 N–H and O–H groups in total. The van der Waals surface area contributed by atoms with Crippen LogP contribution in [0.3, 0.4) is 0 Å². The number of sulfonamides is 1. The van der Waals surface area contributed by atoms with E-state index in [4.69, 9.17) is 0 Å². The van der Waals surface area contributed by atoms with Gasteiger partial charge in [-0.25, -0.2) is 8.42 Å². The monoisotopic (exact) mass is 350 g/mol. The van der Waals surface area contributed by atoms with E-state index in [1.807, 2.05) is 31.2 Å². The van der Waals surface area contributed by atoms with Crippen LogP contribution in [0.2, 0.25) is 0 Å². The SMILES string of the molecule is CNC(=O)[C@H]1Cc2ccccc2CN1S(=O)(=O)c1ccc(C)s1. The largest absolute Gasteiger partial charge is 0.358 e. The Morgan fingerprint density at radius 1 is 1.22 bits per heavy atom. The van der Waals surface area contributed by atoms with Crippen molar-refractivity contribution in [2.75, 3.05) is 7.05 Å². The fraction of sp³-hybridized carbons (Fsp3) is 0.312. The number of likely N-dealkylation sites (N-methyl/N-ethyl adjacent to an activating group) is 1. The van der Waals surface area contributed by atoms with Crippen LogP contribution in [0.25, 0.3) is 0 Å². The Labute approximate surface area is 140 Å². The zero-order chi connectivity index (χ0) is 16.6. The second-order valence-electron chi connectivity index (χ2n) is 5.52. The Hall–Kier alpha value is -1.70. The molecule has 0 bridgehead atoms. The smallest absolute Gasteiger partial charge is 0.253 e. The molecule has 0 saturated heterocycles. The summed E-state index contributed by atoms with van der Waals surface area (Å²) in [5.41, 5.74) is 1.97. The zero-order valence-corrected chi connectivity index (χ0v) is 14.6. The van der Waals surface area contributed by atoms with E-state index in [2.05, 4.69) is 5.32 Å². The number of fused-ring (bicyclic) bond motifs is 1. The molecular weight excluding hydrogens is 332 g/mol. The lowest BCUT2D eigenvalue weighted by atomic mass is 9.95. The lowest BCUT2D eigenvalue weighted by Crippen LogP contribution is -2.51. The molecule has 0 radical (unpaired) electrons. The van der Waals surface area contributed by atoms with Gasteiger partial charge in [0.05, 0.1) is 0 Å². The van der Waals surface area contributed by atoms with Gasteiger partial charge in [0.15, 0.2) is 0 Å². The Kier molecular flexibility index (Phi) is 4.27. The van der Waals surface area contributed by atoms with Gasteiger partial charge in [0.25, 0.3) is 10.0 Å². The quantitative estimate of drug-likeness (QED) is 0.920. The van der Waals surface area contributed by atoms with Gasteiger partial charge in [0.1, 0.15) is 10.3 Å². The second kappa shape index (κ2) is 6.07. The number of hydrogen-bond acceptors (Lipinski definition) is 4. The van der Waals surface area contributed by atoms with Crippen molar-refractivity contribution in [3.8, 4) is 0 Å². The number of thiophene rings is 1. The summed E-state index contributed by atoms with van der Waals surface area (Å²) >= 11 is 1.23. The molecule has 0 fully saturated rings. The number of nitrogens with zero attached hydrogens (tertiary/aromatic N) is 1. The summed E-state index contributed by atoms with van der Waals surface area (Å²) in [5, 5.41) is 2.58. The van der Waals surface area contributed by atoms with Crippen LogP contribution in [0.4, 0.5) is 0 Å². The Bertz CT molecular complexity index is 843. The molecule has 23 heavy (non-hydrogen) atoms. The Morgan fingerprint density at radius 3 is 2.52 bits per heavy atom. The molecule has 0 aliphatic carbocycles. The molecule has 1 atom stereocenters. The zero-order valence-electron chi connectivity index (χ0n) is 12.9. The molecule has 0 unspecified atom stereocenters.